The molecule has 2 amide bonds. The first-order valence-corrected chi connectivity index (χ1v) is 11.6. The molecule has 3 rings (SSSR count). The number of rotatable bonds is 10. The molecule has 3 aromatic rings. The van der Waals surface area contributed by atoms with Crippen molar-refractivity contribution in [3.05, 3.63) is 72.1 Å². The molecule has 0 fully saturated rings. The summed E-state index contributed by atoms with van der Waals surface area (Å²) in [5, 5.41) is 1.96. The summed E-state index contributed by atoms with van der Waals surface area (Å²) in [6.07, 6.45) is 3.82. The highest BCUT2D eigenvalue weighted by Crippen LogP contribution is 2.21. The Morgan fingerprint density at radius 2 is 1.72 bits per heavy atom. The van der Waals surface area contributed by atoms with E-state index in [9.17, 15) is 9.59 Å². The third kappa shape index (κ3) is 5.78. The molecule has 0 bridgehead atoms. The Labute approximate surface area is 191 Å². The summed E-state index contributed by atoms with van der Waals surface area (Å²) in [6, 6.07) is 17.7. The molecule has 0 aliphatic carbocycles. The molecule has 2 aromatic carbocycles. The quantitative estimate of drug-likeness (QED) is 0.446. The number of carbonyl (C=O) groups is 2. The highest BCUT2D eigenvalue weighted by atomic mass is 16.2. The number of unbranched alkanes of at least 4 members (excludes halogenated alkanes) is 1. The van der Waals surface area contributed by atoms with Gasteiger partial charge in [0.25, 0.3) is 5.91 Å². The predicted octanol–water partition coefficient (Wildman–Crippen LogP) is 5.11. The van der Waals surface area contributed by atoms with Crippen LogP contribution in [0.4, 0.5) is 0 Å². The average Bonchev–Trinajstić information content (AvgIpc) is 3.19. The van der Waals surface area contributed by atoms with Gasteiger partial charge in [0.2, 0.25) is 5.91 Å². The van der Waals surface area contributed by atoms with Crippen molar-refractivity contribution in [2.45, 2.75) is 40.2 Å². The van der Waals surface area contributed by atoms with E-state index in [1.165, 1.54) is 0 Å². The molecule has 0 unspecified atom stereocenters. The Bertz CT molecular complexity index is 1050. The van der Waals surface area contributed by atoms with E-state index in [-0.39, 0.29) is 18.4 Å². The molecule has 0 aliphatic heterocycles. The highest BCUT2D eigenvalue weighted by Gasteiger charge is 2.24. The van der Waals surface area contributed by atoms with E-state index in [1.807, 2.05) is 77.3 Å². The van der Waals surface area contributed by atoms with E-state index in [0.717, 1.165) is 29.3 Å². The molecule has 1 heterocycles. The summed E-state index contributed by atoms with van der Waals surface area (Å²) in [5.41, 5.74) is 1.74. The Kier molecular flexibility index (Phi) is 8.09. The van der Waals surface area contributed by atoms with Crippen LogP contribution in [0.5, 0.6) is 0 Å². The van der Waals surface area contributed by atoms with E-state index in [2.05, 4.69) is 20.8 Å². The number of hydrogen-bond acceptors (Lipinski definition) is 2. The van der Waals surface area contributed by atoms with Crippen LogP contribution in [-0.4, -0.2) is 45.8 Å². The highest BCUT2D eigenvalue weighted by molar-refractivity contribution is 6.07. The second kappa shape index (κ2) is 11.0. The average molecular weight is 434 g/mol. The minimum atomic E-state index is -0.0769. The van der Waals surface area contributed by atoms with Crippen molar-refractivity contribution in [1.29, 1.82) is 0 Å². The van der Waals surface area contributed by atoms with Crippen LogP contribution in [0.25, 0.3) is 10.8 Å². The van der Waals surface area contributed by atoms with Crippen LogP contribution in [0.15, 0.2) is 60.8 Å². The van der Waals surface area contributed by atoms with Crippen molar-refractivity contribution in [2.75, 3.05) is 19.6 Å². The van der Waals surface area contributed by atoms with Crippen LogP contribution in [-0.2, 0) is 18.4 Å². The van der Waals surface area contributed by atoms with Crippen molar-refractivity contribution < 1.29 is 9.59 Å². The molecular formula is C27H35N3O2. The van der Waals surface area contributed by atoms with Gasteiger partial charge >= 0.3 is 0 Å². The van der Waals surface area contributed by atoms with Gasteiger partial charge in [-0.25, -0.2) is 0 Å². The molecule has 0 saturated heterocycles. The smallest absolute Gasteiger partial charge is 0.254 e. The van der Waals surface area contributed by atoms with Gasteiger partial charge < -0.3 is 14.4 Å². The lowest BCUT2D eigenvalue weighted by Gasteiger charge is -2.29. The van der Waals surface area contributed by atoms with Crippen LogP contribution in [0.2, 0.25) is 0 Å². The van der Waals surface area contributed by atoms with Gasteiger partial charge in [0, 0.05) is 37.6 Å². The fourth-order valence-corrected chi connectivity index (χ4v) is 4.00. The lowest BCUT2D eigenvalue weighted by Crippen LogP contribution is -2.44. The number of carbonyl (C=O) groups excluding carboxylic acids is 2. The van der Waals surface area contributed by atoms with Crippen molar-refractivity contribution in [3.63, 3.8) is 0 Å². The molecule has 170 valence electrons. The molecular weight excluding hydrogens is 398 g/mol. The predicted molar refractivity (Wildman–Crippen MR) is 130 cm³/mol. The van der Waals surface area contributed by atoms with Gasteiger partial charge in [-0.15, -0.1) is 0 Å². The summed E-state index contributed by atoms with van der Waals surface area (Å²) in [7, 11) is 1.99. The zero-order chi connectivity index (χ0) is 23.1. The maximum atomic E-state index is 13.6. The summed E-state index contributed by atoms with van der Waals surface area (Å²) in [6.45, 7) is 8.20. The molecule has 5 heteroatoms. The zero-order valence-corrected chi connectivity index (χ0v) is 19.8. The number of aryl methyl sites for hydroxylation is 1. The maximum absolute atomic E-state index is 13.6. The summed E-state index contributed by atoms with van der Waals surface area (Å²) >= 11 is 0. The summed E-state index contributed by atoms with van der Waals surface area (Å²) in [5.74, 6) is 0.258. The third-order valence-electron chi connectivity index (χ3n) is 5.76. The van der Waals surface area contributed by atoms with Crippen LogP contribution < -0.4 is 0 Å². The Hall–Kier alpha value is -3.08. The minimum Gasteiger partial charge on any atom is -0.353 e. The largest absolute Gasteiger partial charge is 0.353 e. The van der Waals surface area contributed by atoms with Crippen molar-refractivity contribution in [3.8, 4) is 0 Å². The summed E-state index contributed by atoms with van der Waals surface area (Å²) < 4.78 is 2.04. The van der Waals surface area contributed by atoms with Crippen molar-refractivity contribution in [2.24, 2.45) is 13.0 Å². The van der Waals surface area contributed by atoms with E-state index < -0.39 is 0 Å². The Balaban J connectivity index is 1.84. The van der Waals surface area contributed by atoms with E-state index >= 15 is 0 Å². The van der Waals surface area contributed by atoms with Crippen molar-refractivity contribution in [1.82, 2.24) is 14.4 Å². The van der Waals surface area contributed by atoms with Gasteiger partial charge in [-0.05, 0) is 41.3 Å². The third-order valence-corrected chi connectivity index (χ3v) is 5.76. The molecule has 5 nitrogen and oxygen atoms in total. The number of aromatic nitrogens is 1. The van der Waals surface area contributed by atoms with Crippen LogP contribution >= 0.6 is 0 Å². The number of amides is 2. The first-order valence-electron chi connectivity index (χ1n) is 11.6. The van der Waals surface area contributed by atoms with Crippen LogP contribution in [0, 0.1) is 5.92 Å². The molecule has 0 aliphatic rings. The standard InChI is InChI=1S/C27H35N3O2/c1-5-6-17-29(27(32)25-15-9-12-22-11-7-8-14-24(22)25)20-26(31)30(18-21(2)3)19-23-13-10-16-28(23)4/h7-16,21H,5-6,17-20H2,1-4H3. The van der Waals surface area contributed by atoms with Crippen LogP contribution in [0.3, 0.4) is 0 Å². The van der Waals surface area contributed by atoms with Gasteiger partial charge in [-0.1, -0.05) is 63.6 Å². The lowest BCUT2D eigenvalue weighted by molar-refractivity contribution is -0.133. The van der Waals surface area contributed by atoms with Gasteiger partial charge in [0.15, 0.2) is 0 Å². The number of hydrogen-bond donors (Lipinski definition) is 0. The second-order valence-electron chi connectivity index (χ2n) is 8.89. The zero-order valence-electron chi connectivity index (χ0n) is 19.8. The van der Waals surface area contributed by atoms with Crippen molar-refractivity contribution >= 4 is 22.6 Å². The molecule has 0 radical (unpaired) electrons. The number of nitrogens with zero attached hydrogens (tertiary/aromatic N) is 3. The van der Waals surface area contributed by atoms with E-state index in [4.69, 9.17) is 0 Å². The van der Waals surface area contributed by atoms with Crippen LogP contribution in [0.1, 0.15) is 49.7 Å². The van der Waals surface area contributed by atoms with Gasteiger partial charge in [-0.2, -0.15) is 0 Å². The maximum Gasteiger partial charge on any atom is 0.254 e. The molecule has 0 spiro atoms. The molecule has 0 N–H and O–H groups in total. The van der Waals surface area contributed by atoms with E-state index in [1.54, 1.807) is 4.90 Å². The monoisotopic (exact) mass is 433 g/mol. The fourth-order valence-electron chi connectivity index (χ4n) is 4.00. The second-order valence-corrected chi connectivity index (χ2v) is 8.89. The molecule has 1 aromatic heterocycles. The minimum absolute atomic E-state index is 0.00964. The number of benzene rings is 2. The lowest BCUT2D eigenvalue weighted by atomic mass is 10.0. The van der Waals surface area contributed by atoms with Gasteiger partial charge in [0.1, 0.15) is 6.54 Å². The topological polar surface area (TPSA) is 45.6 Å². The molecule has 32 heavy (non-hydrogen) atoms. The normalized spacial score (nSPS) is 11.2. The van der Waals surface area contributed by atoms with E-state index in [0.29, 0.717) is 31.1 Å². The fraction of sp³-hybridized carbons (Fsp3) is 0.407. The summed E-state index contributed by atoms with van der Waals surface area (Å²) in [4.78, 5) is 30.6. The Morgan fingerprint density at radius 3 is 2.41 bits per heavy atom. The first-order chi connectivity index (χ1) is 15.4. The molecule has 0 saturated carbocycles. The van der Waals surface area contributed by atoms with Gasteiger partial charge in [0.05, 0.1) is 6.54 Å². The van der Waals surface area contributed by atoms with Gasteiger partial charge in [-0.3, -0.25) is 9.59 Å². The number of fused-ring (bicyclic) bond motifs is 1. The SMILES string of the molecule is CCCCN(CC(=O)N(Cc1cccn1C)CC(C)C)C(=O)c1cccc2ccccc12. The molecule has 0 atom stereocenters. The Morgan fingerprint density at radius 1 is 0.969 bits per heavy atom. The first kappa shape index (κ1) is 23.6.